The Morgan fingerprint density at radius 1 is 1.07 bits per heavy atom. The molecule has 7 nitrogen and oxygen atoms in total. The largest absolute Gasteiger partial charge is 0.456 e. The van der Waals surface area contributed by atoms with E-state index in [1.54, 1.807) is 0 Å². The third-order valence-corrected chi connectivity index (χ3v) is 6.65. The van der Waals surface area contributed by atoms with Crippen molar-refractivity contribution in [1.29, 1.82) is 0 Å². The van der Waals surface area contributed by atoms with Gasteiger partial charge in [0.25, 0.3) is 0 Å². The van der Waals surface area contributed by atoms with Crippen LogP contribution in [0.5, 0.6) is 0 Å². The van der Waals surface area contributed by atoms with Crippen LogP contribution in [0.15, 0.2) is 6.07 Å². The number of carbonyl (C=O) groups is 4. The number of rotatable bonds is 6. The van der Waals surface area contributed by atoms with E-state index in [1.807, 2.05) is 19.9 Å². The lowest BCUT2D eigenvalue weighted by Crippen LogP contribution is -2.44. The number of hydrogen-bond donors (Lipinski definition) is 0. The molecule has 2 amide bonds. The minimum absolute atomic E-state index is 0.265. The Balaban J connectivity index is 1.39. The van der Waals surface area contributed by atoms with Crippen LogP contribution in [0.25, 0.3) is 0 Å². The van der Waals surface area contributed by atoms with Crippen molar-refractivity contribution in [3.63, 3.8) is 0 Å². The summed E-state index contributed by atoms with van der Waals surface area (Å²) in [7, 11) is 0. The second-order valence-electron chi connectivity index (χ2n) is 8.64. The molecule has 3 aliphatic rings. The molecule has 29 heavy (non-hydrogen) atoms. The van der Waals surface area contributed by atoms with Crippen LogP contribution < -0.4 is 0 Å². The van der Waals surface area contributed by atoms with E-state index in [-0.39, 0.29) is 36.0 Å². The summed E-state index contributed by atoms with van der Waals surface area (Å²) in [6.07, 6.45) is 5.50. The highest BCUT2D eigenvalue weighted by Crippen LogP contribution is 2.39. The van der Waals surface area contributed by atoms with Crippen molar-refractivity contribution in [2.45, 2.75) is 71.4 Å². The predicted molar refractivity (Wildman–Crippen MR) is 104 cm³/mol. The molecule has 1 saturated heterocycles. The van der Waals surface area contributed by atoms with E-state index in [1.165, 1.54) is 6.92 Å². The number of ether oxygens (including phenoxy) is 1. The number of ketones is 1. The molecule has 2 saturated carbocycles. The number of aromatic nitrogens is 1. The van der Waals surface area contributed by atoms with Crippen molar-refractivity contribution in [1.82, 2.24) is 9.47 Å². The summed E-state index contributed by atoms with van der Waals surface area (Å²) in [5.74, 6) is -2.14. The fraction of sp³-hybridized carbons (Fsp3) is 0.636. The number of nitrogens with zero attached hydrogens (tertiary/aromatic N) is 2. The van der Waals surface area contributed by atoms with Crippen LogP contribution in [0.2, 0.25) is 0 Å². The number of hydrogen-bond acceptors (Lipinski definition) is 5. The second kappa shape index (κ2) is 7.43. The van der Waals surface area contributed by atoms with Gasteiger partial charge in [0, 0.05) is 23.0 Å². The Kier molecular flexibility index (Phi) is 5.09. The molecule has 3 atom stereocenters. The van der Waals surface area contributed by atoms with Crippen LogP contribution in [0.1, 0.15) is 73.2 Å². The van der Waals surface area contributed by atoms with Gasteiger partial charge in [0.05, 0.1) is 11.8 Å². The van der Waals surface area contributed by atoms with Gasteiger partial charge in [0.2, 0.25) is 17.6 Å². The first-order chi connectivity index (χ1) is 13.8. The minimum Gasteiger partial charge on any atom is -0.456 e. The van der Waals surface area contributed by atoms with Crippen LogP contribution in [0.3, 0.4) is 0 Å². The van der Waals surface area contributed by atoms with E-state index < -0.39 is 12.0 Å². The van der Waals surface area contributed by atoms with E-state index >= 15 is 0 Å². The first-order valence-electron chi connectivity index (χ1n) is 10.6. The lowest BCUT2D eigenvalue weighted by atomic mass is 9.81. The number of aryl methyl sites for hydroxylation is 1. The lowest BCUT2D eigenvalue weighted by Gasteiger charge is -2.21. The van der Waals surface area contributed by atoms with Gasteiger partial charge < -0.3 is 9.30 Å². The average Bonchev–Trinajstić information content (AvgIpc) is 3.45. The molecule has 1 aromatic heterocycles. The van der Waals surface area contributed by atoms with E-state index in [9.17, 15) is 19.2 Å². The van der Waals surface area contributed by atoms with Gasteiger partial charge in [-0.3, -0.25) is 19.3 Å². The first-order valence-corrected chi connectivity index (χ1v) is 10.6. The summed E-state index contributed by atoms with van der Waals surface area (Å²) >= 11 is 0. The third-order valence-electron chi connectivity index (χ3n) is 6.65. The number of Topliss-reactive ketones (excluding diaryl/α,β-unsaturated/α-hetero) is 1. The summed E-state index contributed by atoms with van der Waals surface area (Å²) < 4.78 is 7.39. The van der Waals surface area contributed by atoms with Crippen LogP contribution in [-0.4, -0.2) is 45.7 Å². The Morgan fingerprint density at radius 3 is 2.21 bits per heavy atom. The van der Waals surface area contributed by atoms with Crippen molar-refractivity contribution in [3.8, 4) is 0 Å². The molecule has 2 aliphatic carbocycles. The molecule has 1 aromatic rings. The average molecular weight is 400 g/mol. The van der Waals surface area contributed by atoms with Gasteiger partial charge in [-0.2, -0.15) is 0 Å². The van der Waals surface area contributed by atoms with Crippen LogP contribution in [-0.2, 0) is 19.1 Å². The normalized spacial score (nSPS) is 25.1. The van der Waals surface area contributed by atoms with Crippen LogP contribution in [0.4, 0.5) is 0 Å². The number of imide groups is 1. The van der Waals surface area contributed by atoms with Gasteiger partial charge in [-0.05, 0) is 52.5 Å². The van der Waals surface area contributed by atoms with E-state index in [0.717, 1.165) is 42.0 Å². The summed E-state index contributed by atoms with van der Waals surface area (Å²) in [5.41, 5.74) is 2.49. The highest BCUT2D eigenvalue weighted by molar-refractivity contribution is 6.08. The number of carbonyl (C=O) groups excluding carboxylic acids is 4. The quantitative estimate of drug-likeness (QED) is 0.416. The Labute approximate surface area is 170 Å². The standard InChI is InChI=1S/C22H28N2O5/c1-12-10-18(13(2)23(12)15-8-9-15)19(25)11-29-22(28)14(3)24-20(26)16-6-4-5-7-17(16)21(24)27/h10,14-17H,4-9,11H2,1-3H3/t14-,16-,17+/m0/s1. The number of esters is 1. The molecule has 0 spiro atoms. The van der Waals surface area contributed by atoms with Gasteiger partial charge in [-0.1, -0.05) is 12.8 Å². The highest BCUT2D eigenvalue weighted by Gasteiger charge is 2.51. The molecule has 7 heteroatoms. The minimum atomic E-state index is -1.01. The smallest absolute Gasteiger partial charge is 0.329 e. The first kappa shape index (κ1) is 19.9. The third kappa shape index (κ3) is 3.40. The number of amides is 2. The lowest BCUT2D eigenvalue weighted by molar-refractivity contribution is -0.157. The molecule has 156 valence electrons. The van der Waals surface area contributed by atoms with E-state index in [4.69, 9.17) is 4.74 Å². The van der Waals surface area contributed by atoms with Crippen molar-refractivity contribution in [3.05, 3.63) is 23.0 Å². The summed E-state index contributed by atoms with van der Waals surface area (Å²) in [6.45, 7) is 4.99. The SMILES string of the molecule is Cc1cc(C(=O)COC(=O)[C@H](C)N2C(=O)[C@H]3CCCC[C@H]3C2=O)c(C)n1C1CC1. The molecule has 4 rings (SSSR count). The number of fused-ring (bicyclic) bond motifs is 1. The number of likely N-dealkylation sites (tertiary alicyclic amines) is 1. The van der Waals surface area contributed by atoms with E-state index in [0.29, 0.717) is 24.4 Å². The maximum absolute atomic E-state index is 12.6. The topological polar surface area (TPSA) is 85.7 Å². The fourth-order valence-electron chi connectivity index (χ4n) is 4.96. The van der Waals surface area contributed by atoms with Gasteiger partial charge >= 0.3 is 5.97 Å². The second-order valence-corrected chi connectivity index (χ2v) is 8.64. The molecule has 3 fully saturated rings. The van der Waals surface area contributed by atoms with Gasteiger partial charge in [0.15, 0.2) is 6.61 Å². The van der Waals surface area contributed by atoms with Crippen molar-refractivity contribution >= 4 is 23.6 Å². The van der Waals surface area contributed by atoms with Gasteiger partial charge in [-0.25, -0.2) is 4.79 Å². The zero-order valence-corrected chi connectivity index (χ0v) is 17.3. The fourth-order valence-corrected chi connectivity index (χ4v) is 4.96. The molecule has 0 unspecified atom stereocenters. The predicted octanol–water partition coefficient (Wildman–Crippen LogP) is 2.73. The molecule has 2 heterocycles. The zero-order chi connectivity index (χ0) is 20.9. The van der Waals surface area contributed by atoms with Crippen molar-refractivity contribution < 1.29 is 23.9 Å². The monoisotopic (exact) mass is 400 g/mol. The van der Waals surface area contributed by atoms with E-state index in [2.05, 4.69) is 4.57 Å². The molecule has 1 aliphatic heterocycles. The zero-order valence-electron chi connectivity index (χ0n) is 17.3. The van der Waals surface area contributed by atoms with Gasteiger partial charge in [0.1, 0.15) is 6.04 Å². The van der Waals surface area contributed by atoms with Gasteiger partial charge in [-0.15, -0.1) is 0 Å². The molecule has 0 bridgehead atoms. The van der Waals surface area contributed by atoms with Crippen LogP contribution in [0, 0.1) is 25.7 Å². The molecular weight excluding hydrogens is 372 g/mol. The summed E-state index contributed by atoms with van der Waals surface area (Å²) in [4.78, 5) is 51.5. The van der Waals surface area contributed by atoms with Crippen molar-refractivity contribution in [2.75, 3.05) is 6.61 Å². The maximum Gasteiger partial charge on any atom is 0.329 e. The summed E-state index contributed by atoms with van der Waals surface area (Å²) in [6, 6.07) is 1.30. The molecule has 0 radical (unpaired) electrons. The van der Waals surface area contributed by atoms with Crippen LogP contribution >= 0.6 is 0 Å². The Morgan fingerprint density at radius 2 is 1.66 bits per heavy atom. The molecular formula is C22H28N2O5. The Bertz CT molecular complexity index is 858. The molecule has 0 N–H and O–H groups in total. The highest BCUT2D eigenvalue weighted by atomic mass is 16.5. The van der Waals surface area contributed by atoms with Crippen molar-refractivity contribution in [2.24, 2.45) is 11.8 Å². The summed E-state index contributed by atoms with van der Waals surface area (Å²) in [5, 5.41) is 0. The Hall–Kier alpha value is -2.44. The maximum atomic E-state index is 12.6. The molecule has 0 aromatic carbocycles.